The summed E-state index contributed by atoms with van der Waals surface area (Å²) < 4.78 is 1.54. The molecule has 88 valence electrons. The molecule has 2 aromatic heterocycles. The average Bonchev–Trinajstić information content (AvgIpc) is 2.78. The second kappa shape index (κ2) is 4.28. The van der Waals surface area contributed by atoms with Gasteiger partial charge in [0, 0.05) is 18.3 Å². The van der Waals surface area contributed by atoms with E-state index in [-0.39, 0.29) is 11.5 Å². The third kappa shape index (κ3) is 2.12. The lowest BCUT2D eigenvalue weighted by atomic mass is 10.2. The molecule has 0 aromatic carbocycles. The van der Waals surface area contributed by atoms with Crippen molar-refractivity contribution in [1.82, 2.24) is 24.7 Å². The van der Waals surface area contributed by atoms with Crippen LogP contribution in [0.5, 0.6) is 0 Å². The van der Waals surface area contributed by atoms with E-state index in [1.807, 2.05) is 13.8 Å². The Labute approximate surface area is 97.7 Å². The van der Waals surface area contributed by atoms with E-state index in [4.69, 9.17) is 5.73 Å². The van der Waals surface area contributed by atoms with Crippen molar-refractivity contribution in [3.63, 3.8) is 0 Å². The largest absolute Gasteiger partial charge is 0.366 e. The number of primary amides is 1. The van der Waals surface area contributed by atoms with Crippen molar-refractivity contribution in [2.75, 3.05) is 0 Å². The van der Waals surface area contributed by atoms with Crippen molar-refractivity contribution in [3.05, 3.63) is 30.1 Å². The highest BCUT2D eigenvalue weighted by Gasteiger charge is 2.12. The highest BCUT2D eigenvalue weighted by atomic mass is 16.1. The Morgan fingerprint density at radius 3 is 2.47 bits per heavy atom. The number of hydrogen-bond donors (Lipinski definition) is 1. The number of aromatic nitrogens is 5. The van der Waals surface area contributed by atoms with Crippen LogP contribution >= 0.6 is 0 Å². The molecule has 0 aliphatic carbocycles. The van der Waals surface area contributed by atoms with E-state index in [0.29, 0.717) is 5.95 Å². The molecule has 2 heterocycles. The Morgan fingerprint density at radius 2 is 1.94 bits per heavy atom. The highest BCUT2D eigenvalue weighted by molar-refractivity contribution is 5.92. The summed E-state index contributed by atoms with van der Waals surface area (Å²) in [5.74, 6) is 0.782. The van der Waals surface area contributed by atoms with Crippen molar-refractivity contribution in [2.24, 2.45) is 5.73 Å². The van der Waals surface area contributed by atoms with E-state index in [0.717, 1.165) is 5.82 Å². The molecule has 0 unspecified atom stereocenters. The van der Waals surface area contributed by atoms with Crippen LogP contribution in [-0.2, 0) is 0 Å². The second-order valence-electron chi connectivity index (χ2n) is 3.82. The third-order valence-electron chi connectivity index (χ3n) is 2.20. The number of nitrogens with zero attached hydrogens (tertiary/aromatic N) is 5. The third-order valence-corrected chi connectivity index (χ3v) is 2.20. The second-order valence-corrected chi connectivity index (χ2v) is 3.82. The molecule has 0 fully saturated rings. The van der Waals surface area contributed by atoms with Gasteiger partial charge >= 0.3 is 0 Å². The molecule has 0 aliphatic heterocycles. The zero-order valence-electron chi connectivity index (χ0n) is 9.53. The molecule has 0 saturated carbocycles. The van der Waals surface area contributed by atoms with Gasteiger partial charge in [-0.15, -0.1) is 0 Å². The maximum absolute atomic E-state index is 10.9. The Kier molecular flexibility index (Phi) is 2.82. The van der Waals surface area contributed by atoms with Crippen LogP contribution in [0.25, 0.3) is 5.95 Å². The molecule has 2 N–H and O–H groups in total. The standard InChI is InChI=1S/C10H12N6O/c1-6(2)9-14-5-15-16(9)10-12-3-7(4-13-10)8(11)17/h3-6H,1-2H3,(H2,11,17). The van der Waals surface area contributed by atoms with E-state index >= 15 is 0 Å². The fourth-order valence-corrected chi connectivity index (χ4v) is 1.36. The maximum atomic E-state index is 10.9. The average molecular weight is 232 g/mol. The van der Waals surface area contributed by atoms with Crippen LogP contribution < -0.4 is 5.73 Å². The number of nitrogens with two attached hydrogens (primary N) is 1. The summed E-state index contributed by atoms with van der Waals surface area (Å²) in [6, 6.07) is 0. The molecule has 0 spiro atoms. The molecule has 0 saturated heterocycles. The topological polar surface area (TPSA) is 99.6 Å². The van der Waals surface area contributed by atoms with E-state index in [2.05, 4.69) is 20.1 Å². The Morgan fingerprint density at radius 1 is 1.29 bits per heavy atom. The molecule has 0 bridgehead atoms. The van der Waals surface area contributed by atoms with E-state index in [9.17, 15) is 4.79 Å². The first-order valence-electron chi connectivity index (χ1n) is 5.11. The predicted octanol–water partition coefficient (Wildman–Crippen LogP) is 0.280. The fraction of sp³-hybridized carbons (Fsp3) is 0.300. The molecule has 0 radical (unpaired) electrons. The first kappa shape index (κ1) is 11.2. The Bertz CT molecular complexity index is 530. The zero-order valence-corrected chi connectivity index (χ0v) is 9.53. The van der Waals surface area contributed by atoms with Gasteiger partial charge in [-0.25, -0.2) is 15.0 Å². The summed E-state index contributed by atoms with van der Waals surface area (Å²) in [6.07, 6.45) is 4.19. The van der Waals surface area contributed by atoms with Gasteiger partial charge in [-0.3, -0.25) is 4.79 Å². The number of carbonyl (C=O) groups excluding carboxylic acids is 1. The van der Waals surface area contributed by atoms with Crippen LogP contribution in [0.4, 0.5) is 0 Å². The summed E-state index contributed by atoms with van der Waals surface area (Å²) in [4.78, 5) is 23.1. The molecule has 17 heavy (non-hydrogen) atoms. The number of carbonyl (C=O) groups is 1. The first-order valence-corrected chi connectivity index (χ1v) is 5.11. The quantitative estimate of drug-likeness (QED) is 0.819. The number of amides is 1. The zero-order chi connectivity index (χ0) is 12.4. The summed E-state index contributed by atoms with van der Waals surface area (Å²) in [6.45, 7) is 4.00. The first-order chi connectivity index (χ1) is 8.09. The lowest BCUT2D eigenvalue weighted by Gasteiger charge is -2.06. The molecule has 1 amide bonds. The lowest BCUT2D eigenvalue weighted by Crippen LogP contribution is -2.14. The molecular formula is C10H12N6O. The van der Waals surface area contributed by atoms with Crippen LogP contribution in [0, 0.1) is 0 Å². The van der Waals surface area contributed by atoms with E-state index in [1.165, 1.54) is 23.4 Å². The van der Waals surface area contributed by atoms with Crippen LogP contribution in [-0.4, -0.2) is 30.6 Å². The SMILES string of the molecule is CC(C)c1ncnn1-c1ncc(C(N)=O)cn1. The van der Waals surface area contributed by atoms with E-state index in [1.54, 1.807) is 0 Å². The van der Waals surface area contributed by atoms with Crippen molar-refractivity contribution in [2.45, 2.75) is 19.8 Å². The van der Waals surface area contributed by atoms with Crippen LogP contribution in [0.2, 0.25) is 0 Å². The van der Waals surface area contributed by atoms with Crippen molar-refractivity contribution in [3.8, 4) is 5.95 Å². The molecule has 0 atom stereocenters. The van der Waals surface area contributed by atoms with Crippen molar-refractivity contribution in [1.29, 1.82) is 0 Å². The Hall–Kier alpha value is -2.31. The highest BCUT2D eigenvalue weighted by Crippen LogP contribution is 2.12. The van der Waals surface area contributed by atoms with Gasteiger partial charge in [0.1, 0.15) is 12.2 Å². The Balaban J connectivity index is 2.40. The molecule has 2 aromatic rings. The van der Waals surface area contributed by atoms with Gasteiger partial charge in [-0.1, -0.05) is 13.8 Å². The van der Waals surface area contributed by atoms with Gasteiger partial charge in [-0.05, 0) is 0 Å². The van der Waals surface area contributed by atoms with Gasteiger partial charge in [0.25, 0.3) is 11.9 Å². The van der Waals surface area contributed by atoms with Crippen LogP contribution in [0.3, 0.4) is 0 Å². The number of hydrogen-bond acceptors (Lipinski definition) is 5. The lowest BCUT2D eigenvalue weighted by molar-refractivity contribution is 0.0999. The minimum atomic E-state index is -0.556. The summed E-state index contributed by atoms with van der Waals surface area (Å²) in [7, 11) is 0. The summed E-state index contributed by atoms with van der Waals surface area (Å²) >= 11 is 0. The molecule has 7 nitrogen and oxygen atoms in total. The summed E-state index contributed by atoms with van der Waals surface area (Å²) in [5, 5.41) is 4.05. The number of rotatable bonds is 3. The minimum absolute atomic E-state index is 0.205. The molecule has 0 aliphatic rings. The molecular weight excluding hydrogens is 220 g/mol. The van der Waals surface area contributed by atoms with E-state index < -0.39 is 5.91 Å². The predicted molar refractivity (Wildman–Crippen MR) is 59.6 cm³/mol. The van der Waals surface area contributed by atoms with Crippen molar-refractivity contribution < 1.29 is 4.79 Å². The van der Waals surface area contributed by atoms with Crippen LogP contribution in [0.15, 0.2) is 18.7 Å². The van der Waals surface area contributed by atoms with Gasteiger partial charge in [-0.2, -0.15) is 9.78 Å². The molecule has 7 heteroatoms. The summed E-state index contributed by atoms with van der Waals surface area (Å²) in [5.41, 5.74) is 5.37. The van der Waals surface area contributed by atoms with Gasteiger partial charge in [0.15, 0.2) is 0 Å². The smallest absolute Gasteiger partial charge is 0.252 e. The molecule has 2 rings (SSSR count). The van der Waals surface area contributed by atoms with Gasteiger partial charge in [0.05, 0.1) is 5.56 Å². The maximum Gasteiger partial charge on any atom is 0.252 e. The fourth-order valence-electron chi connectivity index (χ4n) is 1.36. The van der Waals surface area contributed by atoms with Crippen LogP contribution in [0.1, 0.15) is 35.9 Å². The minimum Gasteiger partial charge on any atom is -0.366 e. The normalized spacial score (nSPS) is 10.8. The van der Waals surface area contributed by atoms with Gasteiger partial charge in [0.2, 0.25) is 0 Å². The van der Waals surface area contributed by atoms with Gasteiger partial charge < -0.3 is 5.73 Å². The monoisotopic (exact) mass is 232 g/mol. The van der Waals surface area contributed by atoms with Crippen molar-refractivity contribution >= 4 is 5.91 Å².